The highest BCUT2D eigenvalue weighted by Gasteiger charge is 2.44. The maximum Gasteiger partial charge on any atom is 0.218 e. The summed E-state index contributed by atoms with van der Waals surface area (Å²) in [5.41, 5.74) is 2.31. The van der Waals surface area contributed by atoms with Crippen molar-refractivity contribution in [3.05, 3.63) is 47.5 Å². The van der Waals surface area contributed by atoms with Crippen LogP contribution in [0.5, 0.6) is 0 Å². The molecule has 1 aromatic carbocycles. The van der Waals surface area contributed by atoms with Crippen LogP contribution in [0.3, 0.4) is 0 Å². The van der Waals surface area contributed by atoms with Gasteiger partial charge in [0.1, 0.15) is 6.33 Å². The minimum absolute atomic E-state index is 0.0167. The molecule has 0 amide bonds. The van der Waals surface area contributed by atoms with Gasteiger partial charge in [-0.25, -0.2) is 27.7 Å². The number of fused-ring (bicyclic) bond motifs is 2. The molecule has 8 nitrogen and oxygen atoms in total. The molecule has 5 rings (SSSR count). The van der Waals surface area contributed by atoms with Crippen LogP contribution < -0.4 is 4.90 Å². The molecule has 2 aliphatic heterocycles. The average molecular weight is 433 g/mol. The SMILES string of the molecule is Cn1cnc2c(N3CC4CN(S(=O)(=O)Cc5cccc(Cl)c5)CC4C3)ncnc21. The lowest BCUT2D eigenvalue weighted by Crippen LogP contribution is -2.34. The molecule has 2 aromatic heterocycles. The second-order valence-electron chi connectivity index (χ2n) is 7.85. The zero-order valence-corrected chi connectivity index (χ0v) is 17.5. The largest absolute Gasteiger partial charge is 0.354 e. The molecule has 29 heavy (non-hydrogen) atoms. The quantitative estimate of drug-likeness (QED) is 0.626. The molecule has 4 heterocycles. The Morgan fingerprint density at radius 1 is 1.10 bits per heavy atom. The fraction of sp³-hybridized carbons (Fsp3) is 0.421. The van der Waals surface area contributed by atoms with Crippen LogP contribution >= 0.6 is 11.6 Å². The number of sulfonamides is 1. The van der Waals surface area contributed by atoms with Gasteiger partial charge in [-0.15, -0.1) is 0 Å². The molecule has 10 heteroatoms. The highest BCUT2D eigenvalue weighted by atomic mass is 35.5. The van der Waals surface area contributed by atoms with Gasteiger partial charge in [0, 0.05) is 38.2 Å². The van der Waals surface area contributed by atoms with Crippen LogP contribution in [0.2, 0.25) is 5.02 Å². The number of benzene rings is 1. The zero-order valence-electron chi connectivity index (χ0n) is 15.9. The van der Waals surface area contributed by atoms with E-state index >= 15 is 0 Å². The van der Waals surface area contributed by atoms with E-state index in [9.17, 15) is 8.42 Å². The van der Waals surface area contributed by atoms with E-state index in [1.807, 2.05) is 11.6 Å². The lowest BCUT2D eigenvalue weighted by molar-refractivity contribution is 0.452. The predicted molar refractivity (Wildman–Crippen MR) is 111 cm³/mol. The second-order valence-corrected chi connectivity index (χ2v) is 10.3. The van der Waals surface area contributed by atoms with Crippen LogP contribution in [0, 0.1) is 11.8 Å². The molecular weight excluding hydrogens is 412 g/mol. The van der Waals surface area contributed by atoms with E-state index in [2.05, 4.69) is 19.9 Å². The second kappa shape index (κ2) is 6.93. The van der Waals surface area contributed by atoms with Gasteiger partial charge in [0.15, 0.2) is 17.0 Å². The molecule has 2 fully saturated rings. The van der Waals surface area contributed by atoms with Crippen molar-refractivity contribution in [2.24, 2.45) is 18.9 Å². The number of aryl methyl sites for hydroxylation is 1. The van der Waals surface area contributed by atoms with Crippen molar-refractivity contribution in [2.75, 3.05) is 31.1 Å². The van der Waals surface area contributed by atoms with E-state index in [-0.39, 0.29) is 17.6 Å². The zero-order chi connectivity index (χ0) is 20.2. The van der Waals surface area contributed by atoms with Crippen molar-refractivity contribution in [1.82, 2.24) is 23.8 Å². The van der Waals surface area contributed by atoms with E-state index in [1.165, 1.54) is 0 Å². The Hall–Kier alpha value is -2.23. The van der Waals surface area contributed by atoms with Gasteiger partial charge in [-0.2, -0.15) is 0 Å². The topological polar surface area (TPSA) is 84.2 Å². The van der Waals surface area contributed by atoms with Gasteiger partial charge in [-0.1, -0.05) is 23.7 Å². The number of halogens is 1. The molecule has 2 atom stereocenters. The van der Waals surface area contributed by atoms with Crippen molar-refractivity contribution in [2.45, 2.75) is 5.75 Å². The summed E-state index contributed by atoms with van der Waals surface area (Å²) in [6.45, 7) is 2.63. The van der Waals surface area contributed by atoms with E-state index in [0.29, 0.717) is 18.1 Å². The van der Waals surface area contributed by atoms with Gasteiger partial charge in [0.2, 0.25) is 10.0 Å². The normalized spacial score (nSPS) is 22.5. The molecule has 0 spiro atoms. The summed E-state index contributed by atoms with van der Waals surface area (Å²) >= 11 is 6.00. The number of aromatic nitrogens is 4. The molecule has 2 unspecified atom stereocenters. The van der Waals surface area contributed by atoms with Crippen molar-refractivity contribution < 1.29 is 8.42 Å². The van der Waals surface area contributed by atoms with Gasteiger partial charge in [0.05, 0.1) is 12.1 Å². The molecule has 0 N–H and O–H groups in total. The average Bonchev–Trinajstić information content (AvgIpc) is 3.35. The van der Waals surface area contributed by atoms with E-state index < -0.39 is 10.0 Å². The van der Waals surface area contributed by atoms with Crippen molar-refractivity contribution in [1.29, 1.82) is 0 Å². The first-order chi connectivity index (χ1) is 13.9. The van der Waals surface area contributed by atoms with E-state index in [1.54, 1.807) is 41.2 Å². The lowest BCUT2D eigenvalue weighted by atomic mass is 10.0. The van der Waals surface area contributed by atoms with Crippen LogP contribution in [-0.2, 0) is 22.8 Å². The molecule has 0 aliphatic carbocycles. The molecule has 3 aromatic rings. The highest BCUT2D eigenvalue weighted by Crippen LogP contribution is 2.36. The molecule has 0 bridgehead atoms. The van der Waals surface area contributed by atoms with Gasteiger partial charge in [0.25, 0.3) is 0 Å². The lowest BCUT2D eigenvalue weighted by Gasteiger charge is -2.22. The van der Waals surface area contributed by atoms with Gasteiger partial charge in [-0.3, -0.25) is 0 Å². The van der Waals surface area contributed by atoms with Crippen molar-refractivity contribution >= 4 is 38.6 Å². The third-order valence-corrected chi connectivity index (χ3v) is 7.88. The smallest absolute Gasteiger partial charge is 0.218 e. The van der Waals surface area contributed by atoms with Crippen LogP contribution in [-0.4, -0.2) is 58.4 Å². The van der Waals surface area contributed by atoms with Gasteiger partial charge < -0.3 is 9.47 Å². The van der Waals surface area contributed by atoms with Gasteiger partial charge >= 0.3 is 0 Å². The number of hydrogen-bond donors (Lipinski definition) is 0. The fourth-order valence-electron chi connectivity index (χ4n) is 4.44. The summed E-state index contributed by atoms with van der Waals surface area (Å²) < 4.78 is 29.3. The summed E-state index contributed by atoms with van der Waals surface area (Å²) in [6.07, 6.45) is 3.30. The number of hydrogen-bond acceptors (Lipinski definition) is 6. The summed E-state index contributed by atoms with van der Waals surface area (Å²) in [5, 5.41) is 0.553. The van der Waals surface area contributed by atoms with Crippen LogP contribution in [0.25, 0.3) is 11.2 Å². The Bertz CT molecular complexity index is 1170. The molecule has 2 saturated heterocycles. The highest BCUT2D eigenvalue weighted by molar-refractivity contribution is 7.88. The Morgan fingerprint density at radius 3 is 2.59 bits per heavy atom. The summed E-state index contributed by atoms with van der Waals surface area (Å²) in [4.78, 5) is 15.4. The maximum atomic E-state index is 12.9. The summed E-state index contributed by atoms with van der Waals surface area (Å²) in [6, 6.07) is 7.04. The number of imidazole rings is 1. The number of nitrogens with zero attached hydrogens (tertiary/aromatic N) is 6. The van der Waals surface area contributed by atoms with Crippen LogP contribution in [0.1, 0.15) is 5.56 Å². The third-order valence-electron chi connectivity index (χ3n) is 5.86. The van der Waals surface area contributed by atoms with E-state index in [4.69, 9.17) is 11.6 Å². The molecule has 2 aliphatic rings. The Kier molecular flexibility index (Phi) is 4.49. The first-order valence-corrected chi connectivity index (χ1v) is 11.5. The van der Waals surface area contributed by atoms with Crippen molar-refractivity contribution in [3.8, 4) is 0 Å². The van der Waals surface area contributed by atoms with Gasteiger partial charge in [-0.05, 0) is 29.5 Å². The van der Waals surface area contributed by atoms with E-state index in [0.717, 1.165) is 35.6 Å². The Balaban J connectivity index is 1.30. The fourth-order valence-corrected chi connectivity index (χ4v) is 6.28. The first kappa shape index (κ1) is 18.8. The minimum atomic E-state index is -3.37. The molecule has 152 valence electrons. The molecular formula is C19H21ClN6O2S. The minimum Gasteiger partial charge on any atom is -0.354 e. The Labute approximate surface area is 174 Å². The predicted octanol–water partition coefficient (Wildman–Crippen LogP) is 1.91. The number of anilines is 1. The summed E-state index contributed by atoms with van der Waals surface area (Å²) in [5.74, 6) is 1.39. The summed E-state index contributed by atoms with van der Waals surface area (Å²) in [7, 11) is -1.46. The van der Waals surface area contributed by atoms with Crippen molar-refractivity contribution in [3.63, 3.8) is 0 Å². The number of rotatable bonds is 4. The molecule has 0 saturated carbocycles. The third kappa shape index (κ3) is 3.37. The molecule has 0 radical (unpaired) electrons. The Morgan fingerprint density at radius 2 is 1.86 bits per heavy atom. The maximum absolute atomic E-state index is 12.9. The van der Waals surface area contributed by atoms with Crippen LogP contribution in [0.4, 0.5) is 5.82 Å². The van der Waals surface area contributed by atoms with Crippen LogP contribution in [0.15, 0.2) is 36.9 Å². The first-order valence-electron chi connectivity index (χ1n) is 9.50. The monoisotopic (exact) mass is 432 g/mol. The standard InChI is InChI=1S/C19H21ClN6O2S/c1-24-12-23-17-18(24)21-11-22-19(17)25-6-14-8-26(9-15(14)7-25)29(27,28)10-13-3-2-4-16(20)5-13/h2-5,11-12,14-15H,6-10H2,1H3.